The zero-order chi connectivity index (χ0) is 13.8. The summed E-state index contributed by atoms with van der Waals surface area (Å²) in [7, 11) is 1.88. The minimum atomic E-state index is 0.0683. The highest BCUT2D eigenvalue weighted by molar-refractivity contribution is 9.11. The Hall–Kier alpha value is -0.390. The maximum Gasteiger partial charge on any atom is 0.254 e. The maximum absolute atomic E-state index is 12.4. The van der Waals surface area contributed by atoms with Crippen molar-refractivity contribution in [1.29, 1.82) is 0 Å². The van der Waals surface area contributed by atoms with Gasteiger partial charge in [-0.2, -0.15) is 0 Å². The van der Waals surface area contributed by atoms with Crippen molar-refractivity contribution in [3.8, 4) is 0 Å². The van der Waals surface area contributed by atoms with Gasteiger partial charge in [-0.3, -0.25) is 4.79 Å². The number of nitrogens with zero attached hydrogens (tertiary/aromatic N) is 1. The second-order valence-electron chi connectivity index (χ2n) is 5.02. The van der Waals surface area contributed by atoms with Crippen LogP contribution in [0.15, 0.2) is 27.1 Å². The van der Waals surface area contributed by atoms with Crippen LogP contribution in [0.25, 0.3) is 0 Å². The van der Waals surface area contributed by atoms with Gasteiger partial charge < -0.3 is 10.2 Å². The van der Waals surface area contributed by atoms with Gasteiger partial charge in [-0.25, -0.2) is 0 Å². The van der Waals surface area contributed by atoms with Gasteiger partial charge in [0.2, 0.25) is 0 Å². The first-order valence-electron chi connectivity index (χ1n) is 6.49. The van der Waals surface area contributed by atoms with Gasteiger partial charge in [0.1, 0.15) is 0 Å². The molecule has 0 bridgehead atoms. The average molecular weight is 390 g/mol. The number of halogens is 2. The highest BCUT2D eigenvalue weighted by Crippen LogP contribution is 2.23. The van der Waals surface area contributed by atoms with E-state index >= 15 is 0 Å². The van der Waals surface area contributed by atoms with Gasteiger partial charge in [-0.05, 0) is 66.0 Å². The van der Waals surface area contributed by atoms with Crippen molar-refractivity contribution in [2.24, 2.45) is 5.92 Å². The van der Waals surface area contributed by atoms with Gasteiger partial charge in [0, 0.05) is 22.5 Å². The lowest BCUT2D eigenvalue weighted by Crippen LogP contribution is -2.39. The summed E-state index contributed by atoms with van der Waals surface area (Å²) in [6, 6.07) is 5.68. The number of carbonyl (C=O) groups is 1. The van der Waals surface area contributed by atoms with Crippen LogP contribution >= 0.6 is 31.9 Å². The molecule has 1 aliphatic heterocycles. The first kappa shape index (κ1) is 15.0. The third-order valence-electron chi connectivity index (χ3n) is 3.44. The van der Waals surface area contributed by atoms with Crippen LogP contribution in [0, 0.1) is 5.92 Å². The van der Waals surface area contributed by atoms with Crippen LogP contribution in [0.1, 0.15) is 23.2 Å². The number of hydrogen-bond acceptors (Lipinski definition) is 2. The van der Waals surface area contributed by atoms with Gasteiger partial charge in [0.15, 0.2) is 0 Å². The van der Waals surface area contributed by atoms with Crippen molar-refractivity contribution < 1.29 is 4.79 Å². The summed E-state index contributed by atoms with van der Waals surface area (Å²) in [5.41, 5.74) is 0.709. The standard InChI is InChI=1S/C14H18Br2N2O/c1-18(9-10-3-2-6-17-8-10)14(19)12-7-11(15)4-5-13(12)16/h4-5,7,10,17H,2-3,6,8-9H2,1H3. The Bertz CT molecular complexity index is 459. The molecule has 1 fully saturated rings. The maximum atomic E-state index is 12.4. The van der Waals surface area contributed by atoms with E-state index in [0.29, 0.717) is 11.5 Å². The molecule has 0 saturated carbocycles. The zero-order valence-electron chi connectivity index (χ0n) is 11.0. The van der Waals surface area contributed by atoms with Crippen LogP contribution in [0.5, 0.6) is 0 Å². The highest BCUT2D eigenvalue weighted by atomic mass is 79.9. The molecular formula is C14H18Br2N2O. The number of nitrogens with one attached hydrogen (secondary N) is 1. The van der Waals surface area contributed by atoms with Crippen LogP contribution in [0.4, 0.5) is 0 Å². The lowest BCUT2D eigenvalue weighted by atomic mass is 9.99. The van der Waals surface area contributed by atoms with E-state index in [1.54, 1.807) is 0 Å². The topological polar surface area (TPSA) is 32.3 Å². The Balaban J connectivity index is 2.03. The summed E-state index contributed by atoms with van der Waals surface area (Å²) in [6.45, 7) is 2.92. The Morgan fingerprint density at radius 3 is 2.95 bits per heavy atom. The van der Waals surface area contributed by atoms with E-state index in [1.165, 1.54) is 12.8 Å². The summed E-state index contributed by atoms with van der Waals surface area (Å²) < 4.78 is 1.76. The molecule has 1 aliphatic rings. The molecule has 3 nitrogen and oxygen atoms in total. The van der Waals surface area contributed by atoms with Crippen molar-refractivity contribution >= 4 is 37.8 Å². The Morgan fingerprint density at radius 2 is 2.26 bits per heavy atom. The van der Waals surface area contributed by atoms with Crippen molar-refractivity contribution in [3.63, 3.8) is 0 Å². The molecule has 2 rings (SSSR count). The van der Waals surface area contributed by atoms with Crippen molar-refractivity contribution in [2.75, 3.05) is 26.7 Å². The molecule has 0 aromatic heterocycles. The minimum Gasteiger partial charge on any atom is -0.341 e. The fourth-order valence-electron chi connectivity index (χ4n) is 2.42. The molecule has 1 saturated heterocycles. The number of hydrogen-bond donors (Lipinski definition) is 1. The summed E-state index contributed by atoms with van der Waals surface area (Å²) in [6.07, 6.45) is 2.40. The summed E-state index contributed by atoms with van der Waals surface area (Å²) in [5.74, 6) is 0.632. The molecule has 5 heteroatoms. The molecule has 0 radical (unpaired) electrons. The van der Waals surface area contributed by atoms with Crippen LogP contribution < -0.4 is 5.32 Å². The van der Waals surface area contributed by atoms with Gasteiger partial charge in [-0.15, -0.1) is 0 Å². The quantitative estimate of drug-likeness (QED) is 0.860. The molecule has 1 aromatic carbocycles. The highest BCUT2D eigenvalue weighted by Gasteiger charge is 2.20. The molecule has 1 amide bonds. The van der Waals surface area contributed by atoms with Gasteiger partial charge in [0.25, 0.3) is 5.91 Å². The molecule has 1 N–H and O–H groups in total. The lowest BCUT2D eigenvalue weighted by Gasteiger charge is -2.28. The third kappa shape index (κ3) is 4.04. The van der Waals surface area contributed by atoms with Crippen LogP contribution in [0.3, 0.4) is 0 Å². The summed E-state index contributed by atoms with van der Waals surface area (Å²) in [5, 5.41) is 3.38. The first-order valence-corrected chi connectivity index (χ1v) is 8.08. The predicted octanol–water partition coefficient (Wildman–Crippen LogP) is 3.28. The predicted molar refractivity (Wildman–Crippen MR) is 84.4 cm³/mol. The Labute approximate surface area is 131 Å². The number of carbonyl (C=O) groups excluding carboxylic acids is 1. The molecule has 19 heavy (non-hydrogen) atoms. The summed E-state index contributed by atoms with van der Waals surface area (Å²) in [4.78, 5) is 14.3. The largest absolute Gasteiger partial charge is 0.341 e. The summed E-state index contributed by atoms with van der Waals surface area (Å²) >= 11 is 6.85. The van der Waals surface area contributed by atoms with Crippen molar-refractivity contribution in [1.82, 2.24) is 10.2 Å². The van der Waals surface area contributed by atoms with Gasteiger partial charge in [0.05, 0.1) is 5.56 Å². The Morgan fingerprint density at radius 1 is 1.47 bits per heavy atom. The average Bonchev–Trinajstić information content (AvgIpc) is 2.42. The monoisotopic (exact) mass is 388 g/mol. The molecule has 1 atom stereocenters. The molecular weight excluding hydrogens is 372 g/mol. The van der Waals surface area contributed by atoms with E-state index < -0.39 is 0 Å². The van der Waals surface area contributed by atoms with E-state index in [9.17, 15) is 4.79 Å². The van der Waals surface area contributed by atoms with Crippen LogP contribution in [-0.4, -0.2) is 37.5 Å². The van der Waals surface area contributed by atoms with Gasteiger partial charge in [-0.1, -0.05) is 15.9 Å². The van der Waals surface area contributed by atoms with Crippen LogP contribution in [0.2, 0.25) is 0 Å². The second-order valence-corrected chi connectivity index (χ2v) is 6.79. The normalized spacial score (nSPS) is 19.2. The van der Waals surface area contributed by atoms with Crippen molar-refractivity contribution in [2.45, 2.75) is 12.8 Å². The van der Waals surface area contributed by atoms with E-state index in [-0.39, 0.29) is 5.91 Å². The number of amides is 1. The second kappa shape index (κ2) is 6.86. The van der Waals surface area contributed by atoms with Gasteiger partial charge >= 0.3 is 0 Å². The lowest BCUT2D eigenvalue weighted by molar-refractivity contribution is 0.0764. The van der Waals surface area contributed by atoms with E-state index in [2.05, 4.69) is 37.2 Å². The number of piperidine rings is 1. The minimum absolute atomic E-state index is 0.0683. The molecule has 1 aromatic rings. The SMILES string of the molecule is CN(CC1CCCNC1)C(=O)c1cc(Br)ccc1Br. The smallest absolute Gasteiger partial charge is 0.254 e. The van der Waals surface area contributed by atoms with Crippen molar-refractivity contribution in [3.05, 3.63) is 32.7 Å². The van der Waals surface area contributed by atoms with E-state index in [0.717, 1.165) is 28.6 Å². The zero-order valence-corrected chi connectivity index (χ0v) is 14.1. The van der Waals surface area contributed by atoms with E-state index in [1.807, 2.05) is 30.1 Å². The first-order chi connectivity index (χ1) is 9.08. The molecule has 1 heterocycles. The number of benzene rings is 1. The molecule has 1 unspecified atom stereocenters. The van der Waals surface area contributed by atoms with E-state index in [4.69, 9.17) is 0 Å². The fraction of sp³-hybridized carbons (Fsp3) is 0.500. The third-order valence-corrected chi connectivity index (χ3v) is 4.62. The molecule has 0 aliphatic carbocycles. The molecule has 0 spiro atoms. The fourth-order valence-corrected chi connectivity index (χ4v) is 3.19. The molecule has 104 valence electrons. The number of rotatable bonds is 3. The Kier molecular flexibility index (Phi) is 5.42. The van der Waals surface area contributed by atoms with Crippen LogP contribution in [-0.2, 0) is 0 Å².